The Morgan fingerprint density at radius 3 is 2.85 bits per heavy atom. The number of carbonyl (C=O) groups is 1. The molecule has 20 heavy (non-hydrogen) atoms. The largest absolute Gasteiger partial charge is 0.342 e. The van der Waals surface area contributed by atoms with E-state index in [1.165, 1.54) is 25.7 Å². The molecule has 3 rings (SSSR count). The van der Waals surface area contributed by atoms with Crippen LogP contribution in [0, 0.1) is 0 Å². The molecular formula is C16H21N3O. The maximum atomic E-state index is 12.2. The van der Waals surface area contributed by atoms with Gasteiger partial charge < -0.3 is 10.3 Å². The van der Waals surface area contributed by atoms with Crippen molar-refractivity contribution in [1.82, 2.24) is 15.3 Å². The van der Waals surface area contributed by atoms with Crippen molar-refractivity contribution in [3.8, 4) is 0 Å². The highest BCUT2D eigenvalue weighted by Gasteiger charge is 2.21. The number of nitrogens with zero attached hydrogens (tertiary/aromatic N) is 1. The van der Waals surface area contributed by atoms with Crippen LogP contribution >= 0.6 is 0 Å². The Balaban J connectivity index is 1.92. The molecule has 2 N–H and O–H groups in total. The molecule has 0 spiro atoms. The van der Waals surface area contributed by atoms with Crippen LogP contribution < -0.4 is 5.32 Å². The van der Waals surface area contributed by atoms with E-state index in [2.05, 4.69) is 15.3 Å². The van der Waals surface area contributed by atoms with Gasteiger partial charge >= 0.3 is 0 Å². The topological polar surface area (TPSA) is 57.8 Å². The summed E-state index contributed by atoms with van der Waals surface area (Å²) in [5, 5.41) is 2.99. The van der Waals surface area contributed by atoms with Gasteiger partial charge in [-0.1, -0.05) is 12.8 Å². The summed E-state index contributed by atoms with van der Waals surface area (Å²) in [4.78, 5) is 20.3. The second kappa shape index (κ2) is 5.37. The van der Waals surface area contributed by atoms with E-state index in [1.807, 2.05) is 25.1 Å². The number of benzene rings is 1. The molecule has 0 radical (unpaired) electrons. The number of ketones is 1. The van der Waals surface area contributed by atoms with Gasteiger partial charge in [0.05, 0.1) is 17.1 Å². The van der Waals surface area contributed by atoms with E-state index in [0.717, 1.165) is 22.4 Å². The van der Waals surface area contributed by atoms with Gasteiger partial charge in [0.25, 0.3) is 0 Å². The molecule has 4 nitrogen and oxygen atoms in total. The summed E-state index contributed by atoms with van der Waals surface area (Å²) in [5.74, 6) is 1.77. The molecule has 0 bridgehead atoms. The number of aromatic amines is 1. The number of Topliss-reactive ketones (excluding diaryl/α,β-unsaturated/α-hetero) is 1. The van der Waals surface area contributed by atoms with Crippen LogP contribution in [0.3, 0.4) is 0 Å². The fourth-order valence-electron chi connectivity index (χ4n) is 2.96. The highest BCUT2D eigenvalue weighted by molar-refractivity contribution is 6.02. The van der Waals surface area contributed by atoms with Gasteiger partial charge in [-0.05, 0) is 45.0 Å². The van der Waals surface area contributed by atoms with E-state index >= 15 is 0 Å². The minimum atomic E-state index is -0.162. The minimum Gasteiger partial charge on any atom is -0.342 e. The molecule has 1 unspecified atom stereocenters. The fourth-order valence-corrected chi connectivity index (χ4v) is 2.96. The summed E-state index contributed by atoms with van der Waals surface area (Å²) < 4.78 is 0. The SMILES string of the molecule is CNC(C)C(=O)c1ccc2nc(C3CCCC3)[nH]c2c1. The summed E-state index contributed by atoms with van der Waals surface area (Å²) in [7, 11) is 1.80. The molecule has 0 amide bonds. The second-order valence-corrected chi connectivity index (χ2v) is 5.71. The monoisotopic (exact) mass is 271 g/mol. The smallest absolute Gasteiger partial charge is 0.179 e. The van der Waals surface area contributed by atoms with E-state index in [9.17, 15) is 4.79 Å². The van der Waals surface area contributed by atoms with Gasteiger partial charge in [0.15, 0.2) is 5.78 Å². The Kier molecular flexibility index (Phi) is 3.57. The lowest BCUT2D eigenvalue weighted by Crippen LogP contribution is -2.30. The maximum absolute atomic E-state index is 12.2. The number of hydrogen-bond acceptors (Lipinski definition) is 3. The molecular weight excluding hydrogens is 250 g/mol. The second-order valence-electron chi connectivity index (χ2n) is 5.71. The standard InChI is InChI=1S/C16H21N3O/c1-10(17-2)15(20)12-7-8-13-14(9-12)19-16(18-13)11-5-3-4-6-11/h7-11,17H,3-6H2,1-2H3,(H,18,19). The molecule has 4 heteroatoms. The van der Waals surface area contributed by atoms with Crippen LogP contribution in [0.2, 0.25) is 0 Å². The van der Waals surface area contributed by atoms with Crippen molar-refractivity contribution in [2.45, 2.75) is 44.6 Å². The predicted molar refractivity (Wildman–Crippen MR) is 80.2 cm³/mol. The molecule has 0 saturated heterocycles. The highest BCUT2D eigenvalue weighted by Crippen LogP contribution is 2.33. The van der Waals surface area contributed by atoms with Crippen LogP contribution in [-0.4, -0.2) is 28.8 Å². The molecule has 1 aromatic heterocycles. The van der Waals surface area contributed by atoms with Gasteiger partial charge in [-0.15, -0.1) is 0 Å². The van der Waals surface area contributed by atoms with Crippen molar-refractivity contribution in [3.05, 3.63) is 29.6 Å². The molecule has 106 valence electrons. The summed E-state index contributed by atoms with van der Waals surface area (Å²) in [6.07, 6.45) is 5.04. The summed E-state index contributed by atoms with van der Waals surface area (Å²) in [6.45, 7) is 1.88. The average Bonchev–Trinajstić information content (AvgIpc) is 3.12. The minimum absolute atomic E-state index is 0.117. The number of H-pyrrole nitrogens is 1. The first-order chi connectivity index (χ1) is 9.69. The van der Waals surface area contributed by atoms with Gasteiger partial charge in [-0.25, -0.2) is 4.98 Å². The molecule has 0 aliphatic heterocycles. The zero-order valence-corrected chi connectivity index (χ0v) is 12.1. The molecule has 1 saturated carbocycles. The van der Waals surface area contributed by atoms with Crippen molar-refractivity contribution in [2.75, 3.05) is 7.05 Å². The zero-order chi connectivity index (χ0) is 14.1. The fraction of sp³-hybridized carbons (Fsp3) is 0.500. The number of likely N-dealkylation sites (N-methyl/N-ethyl adjacent to an activating group) is 1. The van der Waals surface area contributed by atoms with E-state index in [1.54, 1.807) is 7.05 Å². The number of rotatable bonds is 4. The van der Waals surface area contributed by atoms with Gasteiger partial charge in [0, 0.05) is 11.5 Å². The Labute approximate surface area is 119 Å². The van der Waals surface area contributed by atoms with Crippen LogP contribution in [0.15, 0.2) is 18.2 Å². The third-order valence-electron chi connectivity index (χ3n) is 4.35. The van der Waals surface area contributed by atoms with Crippen LogP contribution in [0.1, 0.15) is 54.7 Å². The van der Waals surface area contributed by atoms with Crippen LogP contribution in [0.25, 0.3) is 11.0 Å². The van der Waals surface area contributed by atoms with Gasteiger partial charge in [-0.3, -0.25) is 4.79 Å². The van der Waals surface area contributed by atoms with Crippen molar-refractivity contribution in [1.29, 1.82) is 0 Å². The zero-order valence-electron chi connectivity index (χ0n) is 12.1. The number of hydrogen-bond donors (Lipinski definition) is 2. The van der Waals surface area contributed by atoms with E-state index in [4.69, 9.17) is 0 Å². The van der Waals surface area contributed by atoms with Gasteiger partial charge in [-0.2, -0.15) is 0 Å². The predicted octanol–water partition coefficient (Wildman–Crippen LogP) is 3.01. The maximum Gasteiger partial charge on any atom is 0.179 e. The Morgan fingerprint density at radius 2 is 2.15 bits per heavy atom. The van der Waals surface area contributed by atoms with Crippen molar-refractivity contribution < 1.29 is 4.79 Å². The lowest BCUT2D eigenvalue weighted by molar-refractivity contribution is 0.0955. The van der Waals surface area contributed by atoms with Crippen molar-refractivity contribution in [3.63, 3.8) is 0 Å². The highest BCUT2D eigenvalue weighted by atomic mass is 16.1. The van der Waals surface area contributed by atoms with E-state index < -0.39 is 0 Å². The Hall–Kier alpha value is -1.68. The summed E-state index contributed by atoms with van der Waals surface area (Å²) >= 11 is 0. The van der Waals surface area contributed by atoms with Crippen molar-refractivity contribution >= 4 is 16.8 Å². The first kappa shape index (κ1) is 13.3. The molecule has 2 aromatic rings. The van der Waals surface area contributed by atoms with Crippen LogP contribution in [0.4, 0.5) is 0 Å². The number of carbonyl (C=O) groups excluding carboxylic acids is 1. The number of aromatic nitrogens is 2. The quantitative estimate of drug-likeness (QED) is 0.840. The van der Waals surface area contributed by atoms with Crippen LogP contribution in [-0.2, 0) is 0 Å². The first-order valence-electron chi connectivity index (χ1n) is 7.40. The average molecular weight is 271 g/mol. The third kappa shape index (κ3) is 2.36. The molecule has 1 heterocycles. The number of nitrogens with one attached hydrogen (secondary N) is 2. The van der Waals surface area contributed by atoms with E-state index in [-0.39, 0.29) is 11.8 Å². The molecule has 1 aliphatic rings. The van der Waals surface area contributed by atoms with Crippen LogP contribution in [0.5, 0.6) is 0 Å². The molecule has 1 atom stereocenters. The molecule has 1 aliphatic carbocycles. The Bertz CT molecular complexity index is 626. The lowest BCUT2D eigenvalue weighted by atomic mass is 10.1. The number of imidazole rings is 1. The summed E-state index contributed by atoms with van der Waals surface area (Å²) in [5.41, 5.74) is 2.67. The van der Waals surface area contributed by atoms with Gasteiger partial charge in [0.2, 0.25) is 0 Å². The summed E-state index contributed by atoms with van der Waals surface area (Å²) in [6, 6.07) is 5.58. The Morgan fingerprint density at radius 1 is 1.40 bits per heavy atom. The van der Waals surface area contributed by atoms with Gasteiger partial charge in [0.1, 0.15) is 5.82 Å². The number of fused-ring (bicyclic) bond motifs is 1. The van der Waals surface area contributed by atoms with Crippen molar-refractivity contribution in [2.24, 2.45) is 0 Å². The molecule has 1 aromatic carbocycles. The first-order valence-corrected chi connectivity index (χ1v) is 7.40. The lowest BCUT2D eigenvalue weighted by Gasteiger charge is -2.08. The normalized spacial score (nSPS) is 17.7. The third-order valence-corrected chi connectivity index (χ3v) is 4.35. The van der Waals surface area contributed by atoms with E-state index in [0.29, 0.717) is 5.92 Å². The molecule has 1 fully saturated rings.